The van der Waals surface area contributed by atoms with Crippen molar-refractivity contribution < 1.29 is 14.3 Å². The minimum Gasteiger partial charge on any atom is -0.493 e. The lowest BCUT2D eigenvalue weighted by Crippen LogP contribution is -2.21. The Labute approximate surface area is 182 Å². The van der Waals surface area contributed by atoms with Crippen LogP contribution in [0.2, 0.25) is 0 Å². The van der Waals surface area contributed by atoms with Crippen LogP contribution in [0.3, 0.4) is 0 Å². The van der Waals surface area contributed by atoms with E-state index in [1.165, 1.54) is 0 Å². The van der Waals surface area contributed by atoms with E-state index < -0.39 is 0 Å². The topological polar surface area (TPSA) is 79.8 Å². The molecule has 3 aromatic carbocycles. The van der Waals surface area contributed by atoms with Gasteiger partial charge in [-0.05, 0) is 54.8 Å². The summed E-state index contributed by atoms with van der Waals surface area (Å²) >= 11 is 0. The molecule has 0 heterocycles. The second-order valence-corrected chi connectivity index (χ2v) is 7.29. The fourth-order valence-electron chi connectivity index (χ4n) is 3.23. The zero-order chi connectivity index (χ0) is 22.2. The predicted molar refractivity (Wildman–Crippen MR) is 125 cm³/mol. The fraction of sp³-hybridized carbons (Fsp3) is 0.240. The van der Waals surface area contributed by atoms with Gasteiger partial charge in [0.25, 0.3) is 0 Å². The second-order valence-electron chi connectivity index (χ2n) is 7.29. The third kappa shape index (κ3) is 5.92. The first-order chi connectivity index (χ1) is 15.0. The minimum absolute atomic E-state index is 0.0435. The normalized spacial score (nSPS) is 10.9. The maximum absolute atomic E-state index is 12.2. The summed E-state index contributed by atoms with van der Waals surface area (Å²) < 4.78 is 5.70. The third-order valence-corrected chi connectivity index (χ3v) is 4.86. The van der Waals surface area contributed by atoms with Gasteiger partial charge in [0.1, 0.15) is 5.75 Å². The molecule has 6 heteroatoms. The summed E-state index contributed by atoms with van der Waals surface area (Å²) in [6.45, 7) is 6.34. The number of benzene rings is 3. The summed E-state index contributed by atoms with van der Waals surface area (Å²) in [5, 5.41) is 8.98. The molecule has 0 saturated heterocycles. The van der Waals surface area contributed by atoms with Crippen LogP contribution in [-0.4, -0.2) is 24.6 Å². The van der Waals surface area contributed by atoms with Crippen molar-refractivity contribution in [2.75, 3.05) is 11.9 Å². The molecule has 0 unspecified atom stereocenters. The van der Waals surface area contributed by atoms with Gasteiger partial charge >= 0.3 is 0 Å². The largest absolute Gasteiger partial charge is 0.493 e. The lowest BCUT2D eigenvalue weighted by atomic mass is 10.0. The van der Waals surface area contributed by atoms with Crippen LogP contribution in [-0.2, 0) is 9.59 Å². The van der Waals surface area contributed by atoms with Crippen LogP contribution in [0.15, 0.2) is 59.7 Å². The van der Waals surface area contributed by atoms with Crippen molar-refractivity contribution >= 4 is 34.5 Å². The van der Waals surface area contributed by atoms with Crippen LogP contribution in [0, 0.1) is 13.8 Å². The van der Waals surface area contributed by atoms with Crippen molar-refractivity contribution in [3.8, 4) is 5.75 Å². The molecular weight excluding hydrogens is 390 g/mol. The number of hydrogen-bond donors (Lipinski definition) is 2. The van der Waals surface area contributed by atoms with Crippen molar-refractivity contribution in [3.05, 3.63) is 71.3 Å². The Hall–Kier alpha value is -3.67. The van der Waals surface area contributed by atoms with E-state index in [1.807, 2.05) is 75.4 Å². The van der Waals surface area contributed by atoms with E-state index in [0.29, 0.717) is 12.4 Å². The number of anilines is 1. The summed E-state index contributed by atoms with van der Waals surface area (Å²) in [5.41, 5.74) is 6.11. The maximum atomic E-state index is 12.2. The van der Waals surface area contributed by atoms with Crippen LogP contribution in [0.1, 0.15) is 36.5 Å². The molecule has 3 rings (SSSR count). The average molecular weight is 418 g/mol. The number of nitrogens with zero attached hydrogens (tertiary/aromatic N) is 1. The zero-order valence-electron chi connectivity index (χ0n) is 18.1. The number of carbonyl (C=O) groups excluding carboxylic acids is 2. The molecule has 2 N–H and O–H groups in total. The van der Waals surface area contributed by atoms with Gasteiger partial charge in [0.2, 0.25) is 11.8 Å². The summed E-state index contributed by atoms with van der Waals surface area (Å²) in [4.78, 5) is 24.3. The van der Waals surface area contributed by atoms with E-state index in [9.17, 15) is 9.59 Å². The molecule has 160 valence electrons. The van der Waals surface area contributed by atoms with Crippen molar-refractivity contribution in [2.45, 2.75) is 33.6 Å². The van der Waals surface area contributed by atoms with E-state index in [0.717, 1.165) is 33.2 Å². The first kappa shape index (κ1) is 22.0. The number of ether oxygens (including phenoxy) is 1. The highest BCUT2D eigenvalue weighted by Gasteiger charge is 2.09. The van der Waals surface area contributed by atoms with Gasteiger partial charge in [0.15, 0.2) is 0 Å². The van der Waals surface area contributed by atoms with Crippen molar-refractivity contribution in [3.63, 3.8) is 0 Å². The molecule has 0 aliphatic heterocycles. The highest BCUT2D eigenvalue weighted by atomic mass is 16.5. The van der Waals surface area contributed by atoms with Crippen LogP contribution in [0.5, 0.6) is 5.75 Å². The van der Waals surface area contributed by atoms with Crippen molar-refractivity contribution in [2.24, 2.45) is 5.10 Å². The molecule has 0 aliphatic carbocycles. The fourth-order valence-corrected chi connectivity index (χ4v) is 3.23. The van der Waals surface area contributed by atoms with Crippen molar-refractivity contribution in [1.29, 1.82) is 0 Å². The van der Waals surface area contributed by atoms with Gasteiger partial charge in [-0.25, -0.2) is 5.43 Å². The summed E-state index contributed by atoms with van der Waals surface area (Å²) in [5.74, 6) is 0.165. The molecule has 0 saturated carbocycles. The molecule has 31 heavy (non-hydrogen) atoms. The summed E-state index contributed by atoms with van der Waals surface area (Å²) in [6.07, 6.45) is 1.70. The van der Waals surface area contributed by atoms with Gasteiger partial charge in [-0.15, -0.1) is 0 Å². The first-order valence-corrected chi connectivity index (χ1v) is 10.3. The first-order valence-electron chi connectivity index (χ1n) is 10.3. The lowest BCUT2D eigenvalue weighted by Gasteiger charge is -2.10. The number of hydrazone groups is 1. The van der Waals surface area contributed by atoms with E-state index in [2.05, 4.69) is 15.8 Å². The number of hydrogen-bond acceptors (Lipinski definition) is 4. The molecule has 2 amide bonds. The number of carbonyl (C=O) groups is 2. The Morgan fingerprint density at radius 2 is 1.77 bits per heavy atom. The standard InChI is InChI=1S/C25H27N3O3/c1-4-31-23-12-11-19-7-5-6-8-20(19)21(23)16-26-28-25(30)14-13-24(29)27-22-15-17(2)9-10-18(22)3/h5-12,15-16H,4,13-14H2,1-3H3,(H,27,29)(H,28,30). The molecule has 3 aromatic rings. The molecule has 0 aliphatic rings. The molecule has 6 nitrogen and oxygen atoms in total. The monoisotopic (exact) mass is 417 g/mol. The highest BCUT2D eigenvalue weighted by Crippen LogP contribution is 2.26. The van der Waals surface area contributed by atoms with Gasteiger partial charge in [0, 0.05) is 24.1 Å². The van der Waals surface area contributed by atoms with E-state index in [1.54, 1.807) is 6.21 Å². The Morgan fingerprint density at radius 3 is 2.58 bits per heavy atom. The molecule has 0 radical (unpaired) electrons. The third-order valence-electron chi connectivity index (χ3n) is 4.86. The van der Waals surface area contributed by atoms with E-state index in [4.69, 9.17) is 4.74 Å². The smallest absolute Gasteiger partial charge is 0.240 e. The molecule has 0 fully saturated rings. The molecule has 0 bridgehead atoms. The van der Waals surface area contributed by atoms with Gasteiger partial charge in [-0.2, -0.15) is 5.10 Å². The highest BCUT2D eigenvalue weighted by molar-refractivity contribution is 6.02. The number of rotatable bonds is 8. The molecule has 0 spiro atoms. The van der Waals surface area contributed by atoms with Gasteiger partial charge in [-0.1, -0.05) is 42.5 Å². The minimum atomic E-state index is -0.328. The zero-order valence-corrected chi connectivity index (χ0v) is 18.1. The maximum Gasteiger partial charge on any atom is 0.240 e. The van der Waals surface area contributed by atoms with Gasteiger partial charge in [-0.3, -0.25) is 9.59 Å². The average Bonchev–Trinajstić information content (AvgIpc) is 2.76. The number of fused-ring (bicyclic) bond motifs is 1. The Morgan fingerprint density at radius 1 is 1.00 bits per heavy atom. The van der Waals surface area contributed by atoms with E-state index >= 15 is 0 Å². The predicted octanol–water partition coefficient (Wildman–Crippen LogP) is 4.72. The summed E-state index contributed by atoms with van der Waals surface area (Å²) in [7, 11) is 0. The van der Waals surface area contributed by atoms with Crippen LogP contribution in [0.25, 0.3) is 10.8 Å². The van der Waals surface area contributed by atoms with Gasteiger partial charge < -0.3 is 10.1 Å². The quantitative estimate of drug-likeness (QED) is 0.411. The SMILES string of the molecule is CCOc1ccc2ccccc2c1C=NNC(=O)CCC(=O)Nc1cc(C)ccc1C. The molecule has 0 atom stereocenters. The number of aryl methyl sites for hydroxylation is 2. The van der Waals surface area contributed by atoms with Crippen molar-refractivity contribution in [1.82, 2.24) is 5.43 Å². The Bertz CT molecular complexity index is 1120. The molecule has 0 aromatic heterocycles. The molecular formula is C25H27N3O3. The van der Waals surface area contributed by atoms with Gasteiger partial charge in [0.05, 0.1) is 12.8 Å². The number of nitrogens with one attached hydrogen (secondary N) is 2. The van der Waals surface area contributed by atoms with Crippen LogP contribution >= 0.6 is 0 Å². The lowest BCUT2D eigenvalue weighted by molar-refractivity contribution is -0.124. The Balaban J connectivity index is 1.59. The second kappa shape index (κ2) is 10.4. The van der Waals surface area contributed by atoms with Crippen LogP contribution in [0.4, 0.5) is 5.69 Å². The van der Waals surface area contributed by atoms with Crippen LogP contribution < -0.4 is 15.5 Å². The Kier molecular flexibility index (Phi) is 7.38. The van der Waals surface area contributed by atoms with E-state index in [-0.39, 0.29) is 24.7 Å². The summed E-state index contributed by atoms with van der Waals surface area (Å²) in [6, 6.07) is 17.7. The number of amides is 2.